The summed E-state index contributed by atoms with van der Waals surface area (Å²) in [5.41, 5.74) is 5.74. The number of anilines is 2. The Morgan fingerprint density at radius 3 is 2.82 bits per heavy atom. The van der Waals surface area contributed by atoms with Crippen LogP contribution in [0, 0.1) is 5.92 Å². The van der Waals surface area contributed by atoms with Crippen LogP contribution >= 0.6 is 11.3 Å². The molecule has 1 aromatic rings. The predicted molar refractivity (Wildman–Crippen MR) is 70.5 cm³/mol. The Kier molecular flexibility index (Phi) is 3.51. The SMILES string of the molecule is CN(C)c1nc(N)c(C(=O)NCCC2CC2)s1. The molecule has 0 saturated heterocycles. The summed E-state index contributed by atoms with van der Waals surface area (Å²) in [6, 6.07) is 0. The Balaban J connectivity index is 1.92. The van der Waals surface area contributed by atoms with Crippen molar-refractivity contribution in [2.45, 2.75) is 19.3 Å². The van der Waals surface area contributed by atoms with E-state index in [4.69, 9.17) is 5.73 Å². The molecule has 3 N–H and O–H groups in total. The molecule has 94 valence electrons. The van der Waals surface area contributed by atoms with Crippen molar-refractivity contribution in [3.8, 4) is 0 Å². The number of nitrogens with zero attached hydrogens (tertiary/aromatic N) is 2. The summed E-state index contributed by atoms with van der Waals surface area (Å²) in [6.07, 6.45) is 3.69. The van der Waals surface area contributed by atoms with Gasteiger partial charge in [0.15, 0.2) is 5.13 Å². The van der Waals surface area contributed by atoms with Crippen LogP contribution in [-0.2, 0) is 0 Å². The van der Waals surface area contributed by atoms with Crippen LogP contribution in [0.4, 0.5) is 10.9 Å². The first-order valence-electron chi connectivity index (χ1n) is 5.79. The molecule has 17 heavy (non-hydrogen) atoms. The fraction of sp³-hybridized carbons (Fsp3) is 0.636. The van der Waals surface area contributed by atoms with Crippen LogP contribution in [0.3, 0.4) is 0 Å². The first-order valence-corrected chi connectivity index (χ1v) is 6.61. The van der Waals surface area contributed by atoms with Crippen LogP contribution < -0.4 is 16.0 Å². The van der Waals surface area contributed by atoms with E-state index in [1.165, 1.54) is 24.2 Å². The van der Waals surface area contributed by atoms with Gasteiger partial charge in [-0.2, -0.15) is 0 Å². The highest BCUT2D eigenvalue weighted by Gasteiger charge is 2.22. The van der Waals surface area contributed by atoms with Gasteiger partial charge in [0, 0.05) is 20.6 Å². The summed E-state index contributed by atoms with van der Waals surface area (Å²) in [6.45, 7) is 0.734. The molecule has 1 aliphatic carbocycles. The van der Waals surface area contributed by atoms with Gasteiger partial charge in [-0.05, 0) is 12.3 Å². The van der Waals surface area contributed by atoms with Crippen molar-refractivity contribution in [1.82, 2.24) is 10.3 Å². The van der Waals surface area contributed by atoms with Gasteiger partial charge in [-0.25, -0.2) is 4.98 Å². The van der Waals surface area contributed by atoms with Crippen LogP contribution in [0.15, 0.2) is 0 Å². The third kappa shape index (κ3) is 3.09. The molecule has 0 spiro atoms. The highest BCUT2D eigenvalue weighted by molar-refractivity contribution is 7.18. The minimum Gasteiger partial charge on any atom is -0.382 e. The van der Waals surface area contributed by atoms with E-state index < -0.39 is 0 Å². The van der Waals surface area contributed by atoms with Crippen LogP contribution in [0.2, 0.25) is 0 Å². The number of thiazole rings is 1. The number of nitrogens with one attached hydrogen (secondary N) is 1. The van der Waals surface area contributed by atoms with Crippen molar-refractivity contribution in [2.24, 2.45) is 5.92 Å². The van der Waals surface area contributed by atoms with Crippen molar-refractivity contribution < 1.29 is 4.79 Å². The molecular formula is C11H18N4OS. The lowest BCUT2D eigenvalue weighted by Crippen LogP contribution is -2.24. The minimum absolute atomic E-state index is 0.103. The van der Waals surface area contributed by atoms with Crippen molar-refractivity contribution >= 4 is 28.2 Å². The number of hydrogen-bond donors (Lipinski definition) is 2. The largest absolute Gasteiger partial charge is 0.382 e. The monoisotopic (exact) mass is 254 g/mol. The highest BCUT2D eigenvalue weighted by atomic mass is 32.1. The number of carbonyl (C=O) groups is 1. The van der Waals surface area contributed by atoms with Gasteiger partial charge in [0.05, 0.1) is 0 Å². The molecule has 1 aromatic heterocycles. The molecule has 6 heteroatoms. The third-order valence-electron chi connectivity index (χ3n) is 2.77. The second-order valence-electron chi connectivity index (χ2n) is 4.59. The molecule has 1 fully saturated rings. The summed E-state index contributed by atoms with van der Waals surface area (Å²) in [5.74, 6) is 1.04. The summed E-state index contributed by atoms with van der Waals surface area (Å²) in [4.78, 5) is 18.4. The number of aromatic nitrogens is 1. The van der Waals surface area contributed by atoms with Gasteiger partial charge in [-0.3, -0.25) is 4.79 Å². The highest BCUT2D eigenvalue weighted by Crippen LogP contribution is 2.32. The van der Waals surface area contributed by atoms with Gasteiger partial charge in [0.25, 0.3) is 5.91 Å². The maximum atomic E-state index is 11.9. The molecule has 5 nitrogen and oxygen atoms in total. The van der Waals surface area contributed by atoms with Crippen molar-refractivity contribution in [2.75, 3.05) is 31.3 Å². The number of nitrogen functional groups attached to an aromatic ring is 1. The topological polar surface area (TPSA) is 71.2 Å². The molecule has 0 bridgehead atoms. The first-order chi connectivity index (χ1) is 8.08. The van der Waals surface area contributed by atoms with Crippen molar-refractivity contribution in [3.05, 3.63) is 4.88 Å². The molecule has 0 atom stereocenters. The number of carbonyl (C=O) groups excluding carboxylic acids is 1. The lowest BCUT2D eigenvalue weighted by atomic mass is 10.3. The quantitative estimate of drug-likeness (QED) is 0.831. The van der Waals surface area contributed by atoms with Crippen LogP contribution in [0.5, 0.6) is 0 Å². The van der Waals surface area contributed by atoms with Crippen LogP contribution in [0.25, 0.3) is 0 Å². The summed E-state index contributed by atoms with van der Waals surface area (Å²) in [7, 11) is 3.76. The Morgan fingerprint density at radius 1 is 1.59 bits per heavy atom. The predicted octanol–water partition coefficient (Wildman–Crippen LogP) is 1.32. The number of amides is 1. The van der Waals surface area contributed by atoms with Gasteiger partial charge >= 0.3 is 0 Å². The standard InChI is InChI=1S/C11H18N4OS/c1-15(2)11-14-9(12)8(17-11)10(16)13-6-5-7-3-4-7/h7H,3-6,12H2,1-2H3,(H,13,16). The summed E-state index contributed by atoms with van der Waals surface area (Å²) in [5, 5.41) is 3.66. The number of hydrogen-bond acceptors (Lipinski definition) is 5. The van der Waals surface area contributed by atoms with E-state index in [0.29, 0.717) is 10.7 Å². The molecule has 1 saturated carbocycles. The van der Waals surface area contributed by atoms with Crippen LogP contribution in [-0.4, -0.2) is 31.5 Å². The van der Waals surface area contributed by atoms with Gasteiger partial charge < -0.3 is 16.0 Å². The summed E-state index contributed by atoms with van der Waals surface area (Å²) < 4.78 is 0. The average Bonchev–Trinajstić information content (AvgIpc) is 2.99. The van der Waals surface area contributed by atoms with E-state index in [9.17, 15) is 4.79 Å². The van der Waals surface area contributed by atoms with E-state index in [1.54, 1.807) is 0 Å². The Morgan fingerprint density at radius 2 is 2.29 bits per heavy atom. The van der Waals surface area contributed by atoms with E-state index in [2.05, 4.69) is 10.3 Å². The third-order valence-corrected chi connectivity index (χ3v) is 4.00. The molecule has 1 amide bonds. The van der Waals surface area contributed by atoms with Gasteiger partial charge in [0.2, 0.25) is 0 Å². The Bertz CT molecular complexity index is 412. The molecule has 2 rings (SSSR count). The maximum absolute atomic E-state index is 11.9. The van der Waals surface area contributed by atoms with Crippen molar-refractivity contribution in [1.29, 1.82) is 0 Å². The fourth-order valence-electron chi connectivity index (χ4n) is 1.55. The Labute approximate surface area is 105 Å². The minimum atomic E-state index is -0.103. The van der Waals surface area contributed by atoms with E-state index >= 15 is 0 Å². The fourth-order valence-corrected chi connectivity index (χ4v) is 2.38. The molecule has 0 aliphatic heterocycles. The maximum Gasteiger partial charge on any atom is 0.265 e. The van der Waals surface area contributed by atoms with Crippen LogP contribution in [0.1, 0.15) is 28.9 Å². The van der Waals surface area contributed by atoms with E-state index in [0.717, 1.165) is 24.0 Å². The molecule has 0 unspecified atom stereocenters. The zero-order chi connectivity index (χ0) is 12.4. The normalized spacial score (nSPS) is 14.7. The zero-order valence-corrected chi connectivity index (χ0v) is 11.0. The Hall–Kier alpha value is -1.30. The number of nitrogens with two attached hydrogens (primary N) is 1. The molecule has 0 radical (unpaired) electrons. The lowest BCUT2D eigenvalue weighted by Gasteiger charge is -2.05. The lowest BCUT2D eigenvalue weighted by molar-refractivity contribution is 0.0957. The first kappa shape index (κ1) is 12.2. The smallest absolute Gasteiger partial charge is 0.265 e. The second kappa shape index (κ2) is 4.91. The summed E-state index contributed by atoms with van der Waals surface area (Å²) >= 11 is 1.33. The van der Waals surface area contributed by atoms with Crippen molar-refractivity contribution in [3.63, 3.8) is 0 Å². The average molecular weight is 254 g/mol. The second-order valence-corrected chi connectivity index (χ2v) is 5.57. The van der Waals surface area contributed by atoms with E-state index in [1.807, 2.05) is 19.0 Å². The molecule has 1 aliphatic rings. The molecule has 1 heterocycles. The zero-order valence-electron chi connectivity index (χ0n) is 10.2. The van der Waals surface area contributed by atoms with Gasteiger partial charge in [-0.1, -0.05) is 24.2 Å². The molecular weight excluding hydrogens is 236 g/mol. The number of rotatable bonds is 5. The molecule has 0 aromatic carbocycles. The van der Waals surface area contributed by atoms with Gasteiger partial charge in [-0.15, -0.1) is 0 Å². The van der Waals surface area contributed by atoms with Gasteiger partial charge in [0.1, 0.15) is 10.7 Å². The van der Waals surface area contributed by atoms with E-state index in [-0.39, 0.29) is 5.91 Å².